The van der Waals surface area contributed by atoms with E-state index in [1.807, 2.05) is 0 Å². The summed E-state index contributed by atoms with van der Waals surface area (Å²) in [6, 6.07) is 2.87. The number of hydrogen-bond donors (Lipinski definition) is 4. The van der Waals surface area contributed by atoms with Gasteiger partial charge < -0.3 is 21.5 Å². The SMILES string of the molecule is NC(=O)CCC(NC(=O)Nc1cc(Br)ccc1Cl)C(=O)O. The quantitative estimate of drug-likeness (QED) is 0.604. The molecule has 0 aliphatic rings. The average molecular weight is 379 g/mol. The van der Waals surface area contributed by atoms with Crippen LogP contribution in [0.15, 0.2) is 22.7 Å². The number of nitrogens with one attached hydrogen (secondary N) is 2. The molecule has 0 heterocycles. The lowest BCUT2D eigenvalue weighted by Crippen LogP contribution is -2.43. The number of carboxylic acids is 1. The fraction of sp³-hybridized carbons (Fsp3) is 0.250. The Hall–Kier alpha value is -1.80. The molecule has 0 fully saturated rings. The molecule has 7 nitrogen and oxygen atoms in total. The summed E-state index contributed by atoms with van der Waals surface area (Å²) in [5, 5.41) is 13.9. The molecule has 114 valence electrons. The highest BCUT2D eigenvalue weighted by atomic mass is 79.9. The lowest BCUT2D eigenvalue weighted by molar-refractivity contribution is -0.139. The van der Waals surface area contributed by atoms with Crippen LogP contribution >= 0.6 is 27.5 Å². The number of rotatable bonds is 6. The Labute approximate surface area is 134 Å². The summed E-state index contributed by atoms with van der Waals surface area (Å²) in [6.07, 6.45) is -0.237. The summed E-state index contributed by atoms with van der Waals surface area (Å²) < 4.78 is 0.700. The van der Waals surface area contributed by atoms with Crippen molar-refractivity contribution in [3.05, 3.63) is 27.7 Å². The molecule has 1 aromatic rings. The van der Waals surface area contributed by atoms with Gasteiger partial charge in [-0.3, -0.25) is 4.79 Å². The van der Waals surface area contributed by atoms with Crippen molar-refractivity contribution in [3.8, 4) is 0 Å². The van der Waals surface area contributed by atoms with E-state index in [9.17, 15) is 14.4 Å². The second-order valence-electron chi connectivity index (χ2n) is 4.12. The van der Waals surface area contributed by atoms with Crippen LogP contribution in [0.3, 0.4) is 0 Å². The third-order valence-electron chi connectivity index (χ3n) is 2.46. The topological polar surface area (TPSA) is 122 Å². The van der Waals surface area contributed by atoms with Crippen LogP contribution in [0.25, 0.3) is 0 Å². The minimum atomic E-state index is -1.26. The van der Waals surface area contributed by atoms with Crippen LogP contribution in [-0.4, -0.2) is 29.1 Å². The third-order valence-corrected chi connectivity index (χ3v) is 3.28. The number of carbonyl (C=O) groups excluding carboxylic acids is 2. The van der Waals surface area contributed by atoms with Crippen LogP contribution in [-0.2, 0) is 9.59 Å². The maximum absolute atomic E-state index is 11.8. The molecule has 1 atom stereocenters. The van der Waals surface area contributed by atoms with Crippen molar-refractivity contribution in [1.82, 2.24) is 5.32 Å². The van der Waals surface area contributed by atoms with Gasteiger partial charge in [-0.05, 0) is 24.6 Å². The van der Waals surface area contributed by atoms with Crippen molar-refractivity contribution in [2.45, 2.75) is 18.9 Å². The number of carbonyl (C=O) groups is 3. The van der Waals surface area contributed by atoms with Gasteiger partial charge >= 0.3 is 12.0 Å². The number of aliphatic carboxylic acids is 1. The van der Waals surface area contributed by atoms with E-state index in [1.54, 1.807) is 18.2 Å². The largest absolute Gasteiger partial charge is 0.480 e. The molecule has 1 aromatic carbocycles. The van der Waals surface area contributed by atoms with Gasteiger partial charge in [0.25, 0.3) is 0 Å². The van der Waals surface area contributed by atoms with E-state index in [4.69, 9.17) is 22.4 Å². The first-order chi connectivity index (χ1) is 9.79. The first-order valence-electron chi connectivity index (χ1n) is 5.83. The van der Waals surface area contributed by atoms with E-state index < -0.39 is 23.9 Å². The Morgan fingerprint density at radius 3 is 2.62 bits per heavy atom. The van der Waals surface area contributed by atoms with Gasteiger partial charge in [-0.25, -0.2) is 9.59 Å². The lowest BCUT2D eigenvalue weighted by atomic mass is 10.1. The predicted molar refractivity (Wildman–Crippen MR) is 81.2 cm³/mol. The first kappa shape index (κ1) is 17.3. The third kappa shape index (κ3) is 6.01. The Morgan fingerprint density at radius 1 is 1.38 bits per heavy atom. The van der Waals surface area contributed by atoms with E-state index in [2.05, 4.69) is 26.6 Å². The Balaban J connectivity index is 2.67. The molecule has 9 heteroatoms. The highest BCUT2D eigenvalue weighted by Gasteiger charge is 2.20. The highest BCUT2D eigenvalue weighted by molar-refractivity contribution is 9.10. The van der Waals surface area contributed by atoms with E-state index in [1.165, 1.54) is 0 Å². The minimum Gasteiger partial charge on any atom is -0.480 e. The zero-order valence-electron chi connectivity index (χ0n) is 10.7. The highest BCUT2D eigenvalue weighted by Crippen LogP contribution is 2.25. The Morgan fingerprint density at radius 2 is 2.05 bits per heavy atom. The molecule has 0 bridgehead atoms. The van der Waals surface area contributed by atoms with Gasteiger partial charge in [0.05, 0.1) is 10.7 Å². The molecule has 0 aromatic heterocycles. The van der Waals surface area contributed by atoms with Gasteiger partial charge in [0.1, 0.15) is 6.04 Å². The summed E-state index contributed by atoms with van der Waals surface area (Å²) in [5.74, 6) is -1.90. The van der Waals surface area contributed by atoms with Crippen LogP contribution in [0.2, 0.25) is 5.02 Å². The number of benzene rings is 1. The fourth-order valence-corrected chi connectivity index (χ4v) is 1.98. The second kappa shape index (κ2) is 7.84. The monoisotopic (exact) mass is 377 g/mol. The number of amides is 3. The molecule has 1 unspecified atom stereocenters. The first-order valence-corrected chi connectivity index (χ1v) is 7.00. The molecule has 0 aliphatic heterocycles. The van der Waals surface area contributed by atoms with Crippen molar-refractivity contribution in [2.24, 2.45) is 5.73 Å². The number of urea groups is 1. The number of carboxylic acid groups (broad SMARTS) is 1. The maximum atomic E-state index is 11.8. The summed E-state index contributed by atoms with van der Waals surface area (Å²) >= 11 is 9.13. The molecule has 0 spiro atoms. The van der Waals surface area contributed by atoms with Gasteiger partial charge in [-0.1, -0.05) is 27.5 Å². The fourth-order valence-electron chi connectivity index (χ4n) is 1.45. The van der Waals surface area contributed by atoms with Crippen LogP contribution in [0.5, 0.6) is 0 Å². The lowest BCUT2D eigenvalue weighted by Gasteiger charge is -2.15. The Bertz CT molecular complexity index is 567. The molecular formula is C12H13BrClN3O4. The molecule has 1 rings (SSSR count). The zero-order valence-corrected chi connectivity index (χ0v) is 13.1. The summed E-state index contributed by atoms with van der Waals surface area (Å²) in [5.41, 5.74) is 5.27. The minimum absolute atomic E-state index is 0.0930. The summed E-state index contributed by atoms with van der Waals surface area (Å²) in [6.45, 7) is 0. The van der Waals surface area contributed by atoms with Crippen molar-refractivity contribution < 1.29 is 19.5 Å². The van der Waals surface area contributed by atoms with E-state index in [0.717, 1.165) is 0 Å². The normalized spacial score (nSPS) is 11.5. The number of hydrogen-bond acceptors (Lipinski definition) is 3. The second-order valence-corrected chi connectivity index (χ2v) is 5.44. The number of primary amides is 1. The van der Waals surface area contributed by atoms with Crippen LogP contribution in [0.1, 0.15) is 12.8 Å². The molecule has 0 saturated heterocycles. The smallest absolute Gasteiger partial charge is 0.326 e. The standard InChI is InChI=1S/C12H13BrClN3O4/c13-6-1-2-7(14)9(5-6)17-12(21)16-8(11(19)20)3-4-10(15)18/h1-2,5,8H,3-4H2,(H2,15,18)(H,19,20)(H2,16,17,21). The molecule has 0 saturated carbocycles. The van der Waals surface area contributed by atoms with Gasteiger partial charge in [-0.2, -0.15) is 0 Å². The van der Waals surface area contributed by atoms with Crippen molar-refractivity contribution >= 4 is 51.1 Å². The summed E-state index contributed by atoms with van der Waals surface area (Å²) in [7, 11) is 0. The number of anilines is 1. The molecule has 0 radical (unpaired) electrons. The van der Waals surface area contributed by atoms with E-state index in [-0.39, 0.29) is 12.8 Å². The van der Waals surface area contributed by atoms with Crippen molar-refractivity contribution in [3.63, 3.8) is 0 Å². The number of halogens is 2. The van der Waals surface area contributed by atoms with Gasteiger partial charge in [0.2, 0.25) is 5.91 Å². The van der Waals surface area contributed by atoms with Crippen LogP contribution in [0.4, 0.5) is 10.5 Å². The molecule has 21 heavy (non-hydrogen) atoms. The van der Waals surface area contributed by atoms with Gasteiger partial charge in [0.15, 0.2) is 0 Å². The van der Waals surface area contributed by atoms with Crippen LogP contribution < -0.4 is 16.4 Å². The van der Waals surface area contributed by atoms with Gasteiger partial charge in [-0.15, -0.1) is 0 Å². The Kier molecular flexibility index (Phi) is 6.44. The van der Waals surface area contributed by atoms with E-state index >= 15 is 0 Å². The number of nitrogens with two attached hydrogens (primary N) is 1. The maximum Gasteiger partial charge on any atom is 0.326 e. The van der Waals surface area contributed by atoms with Crippen molar-refractivity contribution in [2.75, 3.05) is 5.32 Å². The van der Waals surface area contributed by atoms with Crippen molar-refractivity contribution in [1.29, 1.82) is 0 Å². The zero-order chi connectivity index (χ0) is 16.0. The molecule has 5 N–H and O–H groups in total. The van der Waals surface area contributed by atoms with Crippen LogP contribution in [0, 0.1) is 0 Å². The van der Waals surface area contributed by atoms with Gasteiger partial charge in [0, 0.05) is 10.9 Å². The molecular weight excluding hydrogens is 366 g/mol. The van der Waals surface area contributed by atoms with E-state index in [0.29, 0.717) is 15.2 Å². The molecule has 3 amide bonds. The predicted octanol–water partition coefficient (Wildman–Crippen LogP) is 1.94. The molecule has 0 aliphatic carbocycles. The summed E-state index contributed by atoms with van der Waals surface area (Å²) in [4.78, 5) is 33.4. The average Bonchev–Trinajstić information content (AvgIpc) is 2.38.